The molecule has 6 N–H and O–H groups in total. The molecule has 3 aliphatic heterocycles. The van der Waals surface area contributed by atoms with E-state index in [1.165, 1.54) is 53.7 Å². The van der Waals surface area contributed by atoms with Crippen LogP contribution in [0.4, 0.5) is 49.0 Å². The molecule has 6 aromatic carbocycles. The highest BCUT2D eigenvalue weighted by Crippen LogP contribution is 2.33. The highest BCUT2D eigenvalue weighted by molar-refractivity contribution is 7.99. The van der Waals surface area contributed by atoms with Crippen LogP contribution in [0.15, 0.2) is 127 Å². The van der Waals surface area contributed by atoms with Gasteiger partial charge >= 0.3 is 18.3 Å². The van der Waals surface area contributed by atoms with E-state index < -0.39 is 54.0 Å². The van der Waals surface area contributed by atoms with Gasteiger partial charge < -0.3 is 41.2 Å². The second kappa shape index (κ2) is 40.1. The Morgan fingerprint density at radius 1 is 0.537 bits per heavy atom. The number of benzene rings is 6. The number of rotatable bonds is 28. The summed E-state index contributed by atoms with van der Waals surface area (Å²) in [6, 6.07) is 36.8. The largest absolute Gasteiger partial charge is 0.442 e. The Hall–Kier alpha value is -7.52. The Labute approximate surface area is 571 Å². The third-order valence-corrected chi connectivity index (χ3v) is 17.0. The quantitative estimate of drug-likeness (QED) is 0.0134. The maximum Gasteiger partial charge on any atom is 0.414 e. The van der Waals surface area contributed by atoms with Crippen molar-refractivity contribution in [3.05, 3.63) is 162 Å². The Morgan fingerprint density at radius 3 is 1.22 bits per heavy atom. The van der Waals surface area contributed by atoms with Crippen molar-refractivity contribution >= 4 is 100.0 Å². The van der Waals surface area contributed by atoms with Gasteiger partial charge in [-0.1, -0.05) is 72.8 Å². The van der Waals surface area contributed by atoms with Crippen LogP contribution in [0, 0.1) is 17.5 Å². The highest BCUT2D eigenvalue weighted by Gasteiger charge is 2.35. The summed E-state index contributed by atoms with van der Waals surface area (Å²) in [6.45, 7) is 10.1. The molecule has 3 aliphatic rings. The molecule has 0 bridgehead atoms. The van der Waals surface area contributed by atoms with Crippen LogP contribution < -0.4 is 41.7 Å². The van der Waals surface area contributed by atoms with Gasteiger partial charge in [0.2, 0.25) is 17.7 Å². The van der Waals surface area contributed by atoms with Crippen molar-refractivity contribution in [3.8, 4) is 33.4 Å². The molecule has 0 saturated carbocycles. The SMILES string of the molecule is CC(=O)NCC1CN(c2ccc(-c3ccc(CCl)cc3)c(F)c2)C(=O)O1.CSCCN.CSCCN(CCCF)Cc1ccc(-c2ccc(N3CC(CNC(C)=O)OC3=O)cc2F)cc1.CSCCNCc1ccc(-c2ccc(N3CC(CNC(C)=O)OC3=O)cc2F)cc1. The number of anilines is 3. The molecule has 6 amide bonds. The number of halogens is 5. The predicted molar refractivity (Wildman–Crippen MR) is 376 cm³/mol. The van der Waals surface area contributed by atoms with Gasteiger partial charge in [-0.25, -0.2) is 27.6 Å². The van der Waals surface area contributed by atoms with Gasteiger partial charge in [0.25, 0.3) is 0 Å². The minimum Gasteiger partial charge on any atom is -0.442 e. The van der Waals surface area contributed by atoms with Crippen LogP contribution in [-0.2, 0) is 47.6 Å². The maximum absolute atomic E-state index is 15.0. The van der Waals surface area contributed by atoms with Gasteiger partial charge in [-0.3, -0.25) is 38.4 Å². The molecule has 18 nitrogen and oxygen atoms in total. The minimum atomic E-state index is -0.564. The molecule has 9 rings (SSSR count). The van der Waals surface area contributed by atoms with Crippen LogP contribution in [0.25, 0.3) is 33.4 Å². The van der Waals surface area contributed by atoms with Crippen molar-refractivity contribution in [3.63, 3.8) is 0 Å². The zero-order valence-corrected chi connectivity index (χ0v) is 57.4. The molecule has 26 heteroatoms. The summed E-state index contributed by atoms with van der Waals surface area (Å²) in [4.78, 5) is 75.7. The van der Waals surface area contributed by atoms with Gasteiger partial charge in [-0.2, -0.15) is 35.3 Å². The lowest BCUT2D eigenvalue weighted by Crippen LogP contribution is -2.33. The van der Waals surface area contributed by atoms with Crippen LogP contribution >= 0.6 is 46.9 Å². The monoisotopic (exact) mass is 1390 g/mol. The van der Waals surface area contributed by atoms with Gasteiger partial charge in [0, 0.05) is 99.9 Å². The second-order valence-electron chi connectivity index (χ2n) is 22.1. The molecule has 0 aromatic heterocycles. The maximum atomic E-state index is 15.0. The Kier molecular flexibility index (Phi) is 32.3. The zero-order chi connectivity index (χ0) is 68.8. The number of thioether (sulfide) groups is 3. The number of hydrogen-bond acceptors (Lipinski definition) is 15. The van der Waals surface area contributed by atoms with E-state index in [1.54, 1.807) is 71.7 Å². The normalized spacial score (nSPS) is 15.6. The second-order valence-corrected chi connectivity index (χ2v) is 25.4. The Balaban J connectivity index is 0.000000219. The van der Waals surface area contributed by atoms with E-state index in [0.717, 1.165) is 83.4 Å². The topological polar surface area (TPSA) is 217 Å². The zero-order valence-electron chi connectivity index (χ0n) is 54.2. The summed E-state index contributed by atoms with van der Waals surface area (Å²) >= 11 is 11.1. The number of amides is 6. The van der Waals surface area contributed by atoms with Crippen molar-refractivity contribution in [1.29, 1.82) is 0 Å². The lowest BCUT2D eigenvalue weighted by molar-refractivity contribution is -0.120. The Morgan fingerprint density at radius 2 is 0.905 bits per heavy atom. The van der Waals surface area contributed by atoms with Gasteiger partial charge in [0.05, 0.1) is 63.0 Å². The fourth-order valence-corrected chi connectivity index (χ4v) is 11.1. The van der Waals surface area contributed by atoms with Crippen molar-refractivity contribution in [2.24, 2.45) is 5.73 Å². The summed E-state index contributed by atoms with van der Waals surface area (Å²) in [7, 11) is 0. The first-order valence-electron chi connectivity index (χ1n) is 30.8. The number of carbonyl (C=O) groups is 6. The van der Waals surface area contributed by atoms with Crippen LogP contribution in [0.1, 0.15) is 43.9 Å². The molecule has 3 unspecified atom stereocenters. The van der Waals surface area contributed by atoms with E-state index in [0.29, 0.717) is 52.6 Å². The number of nitrogens with one attached hydrogen (secondary N) is 4. The van der Waals surface area contributed by atoms with E-state index in [4.69, 9.17) is 31.5 Å². The third-order valence-electron chi connectivity index (χ3n) is 14.9. The third kappa shape index (κ3) is 24.6. The van der Waals surface area contributed by atoms with E-state index in [1.807, 2.05) is 79.1 Å². The first-order valence-corrected chi connectivity index (χ1v) is 35.6. The van der Waals surface area contributed by atoms with Crippen molar-refractivity contribution in [2.45, 2.75) is 64.5 Å². The first kappa shape index (κ1) is 76.5. The number of carbonyl (C=O) groups excluding carboxylic acids is 6. The molecule has 512 valence electrons. The molecule has 95 heavy (non-hydrogen) atoms. The molecule has 3 saturated heterocycles. The molecule has 0 spiro atoms. The fourth-order valence-electron chi connectivity index (χ4n) is 9.93. The number of alkyl halides is 2. The lowest BCUT2D eigenvalue weighted by Gasteiger charge is -2.21. The number of nitrogens with two attached hydrogens (primary N) is 1. The van der Waals surface area contributed by atoms with E-state index in [2.05, 4.69) is 38.7 Å². The molecule has 3 heterocycles. The standard InChI is InChI=1S/C25H31F2N3O3S.C22H26FN3O3S.C19H18ClFN2O3.C3H9NS/c1-18(31)28-15-22-17-30(25(32)33-22)21-8-9-23(24(27)14-21)20-6-4-19(5-7-20)16-29(11-3-10-26)12-13-34-2;1-15(27)25-13-19-14-26(22(28)29-19)18-7-8-20(21(23)11-18)17-5-3-16(4-6-17)12-24-9-10-30-2;1-12(24)22-10-16-11-23(19(25)26-16)15-6-7-17(18(21)8-15)14-4-2-13(9-20)3-5-14;1-5-3-2-4/h4-9,14,22H,3,10-13,15-17H2,1-2H3,(H,28,31);3-8,11,19,24H,9-10,12-14H2,1-2H3,(H,25,27);2-8,16H,9-11H2,1H3,(H,22,24);2-4H2,1H3. The van der Waals surface area contributed by atoms with Gasteiger partial charge in [0.15, 0.2) is 0 Å². The van der Waals surface area contributed by atoms with Gasteiger partial charge in [-0.15, -0.1) is 11.6 Å². The number of nitrogens with zero attached hydrogens (tertiary/aromatic N) is 4. The van der Waals surface area contributed by atoms with Crippen LogP contribution in [0.3, 0.4) is 0 Å². The van der Waals surface area contributed by atoms with Crippen LogP contribution in [0.2, 0.25) is 0 Å². The van der Waals surface area contributed by atoms with Crippen LogP contribution in [-0.4, -0.2) is 167 Å². The van der Waals surface area contributed by atoms with Crippen molar-refractivity contribution < 1.29 is 60.5 Å². The number of hydrogen-bond donors (Lipinski definition) is 5. The van der Waals surface area contributed by atoms with Crippen molar-refractivity contribution in [1.82, 2.24) is 26.2 Å². The number of cyclic esters (lactones) is 3. The molecule has 6 aromatic rings. The molecule has 0 radical (unpaired) electrons. The molecule has 0 aliphatic carbocycles. The molecule has 3 fully saturated rings. The fraction of sp³-hybridized carbons (Fsp3) is 0.391. The molecule has 3 atom stereocenters. The Bertz CT molecular complexity index is 3450. The first-order chi connectivity index (χ1) is 45.8. The molecular weight excluding hydrogens is 1310 g/mol. The smallest absolute Gasteiger partial charge is 0.414 e. The van der Waals surface area contributed by atoms with Gasteiger partial charge in [-0.05, 0) is 113 Å². The van der Waals surface area contributed by atoms with E-state index in [9.17, 15) is 46.3 Å². The summed E-state index contributed by atoms with van der Waals surface area (Å²) in [5.74, 6) is 1.66. The summed E-state index contributed by atoms with van der Waals surface area (Å²) < 4.78 is 72.7. The number of ether oxygens (including phenoxy) is 3. The molecular formula is C69H84ClF4N9O9S3. The van der Waals surface area contributed by atoms with Gasteiger partial charge in [0.1, 0.15) is 35.8 Å². The average molecular weight is 1390 g/mol. The predicted octanol–water partition coefficient (Wildman–Crippen LogP) is 11.9. The summed E-state index contributed by atoms with van der Waals surface area (Å²) in [5.41, 5.74) is 13.2. The van der Waals surface area contributed by atoms with Crippen molar-refractivity contribution in [2.75, 3.05) is 123 Å². The van der Waals surface area contributed by atoms with Crippen LogP contribution in [0.5, 0.6) is 0 Å². The van der Waals surface area contributed by atoms with E-state index in [-0.39, 0.29) is 63.7 Å². The lowest BCUT2D eigenvalue weighted by atomic mass is 10.0. The summed E-state index contributed by atoms with van der Waals surface area (Å²) in [6.07, 6.45) is 3.63. The highest BCUT2D eigenvalue weighted by atomic mass is 35.5. The van der Waals surface area contributed by atoms with E-state index >= 15 is 0 Å². The minimum absolute atomic E-state index is 0.193. The summed E-state index contributed by atoms with van der Waals surface area (Å²) in [5, 5.41) is 11.2. The average Bonchev–Trinajstić information content (AvgIpc) is 1.81.